The second kappa shape index (κ2) is 4.00. The van der Waals surface area contributed by atoms with E-state index < -0.39 is 0 Å². The third-order valence-corrected chi connectivity index (χ3v) is 2.84. The minimum absolute atomic E-state index is 0.807. The van der Waals surface area contributed by atoms with E-state index in [1.165, 1.54) is 5.56 Å². The number of hydrogen-bond acceptors (Lipinski definition) is 3. The maximum absolute atomic E-state index is 4.41. The van der Waals surface area contributed by atoms with Crippen LogP contribution in [0, 0.1) is 13.8 Å². The Morgan fingerprint density at radius 3 is 2.69 bits per heavy atom. The number of hydrogen-bond donors (Lipinski definition) is 1. The topological polar surface area (TPSA) is 47.7 Å². The molecule has 0 amide bonds. The summed E-state index contributed by atoms with van der Waals surface area (Å²) in [7, 11) is 3.86. The molecule has 1 N–H and O–H groups in total. The average Bonchev–Trinajstić information content (AvgIpc) is 2.74. The van der Waals surface area contributed by atoms with E-state index >= 15 is 0 Å². The van der Waals surface area contributed by atoms with Crippen LogP contribution in [0.15, 0.2) is 12.4 Å². The van der Waals surface area contributed by atoms with Crippen molar-refractivity contribution in [2.75, 3.05) is 12.4 Å². The summed E-state index contributed by atoms with van der Waals surface area (Å²) in [6, 6.07) is 0. The lowest BCUT2D eigenvalue weighted by Gasteiger charge is -2.07. The summed E-state index contributed by atoms with van der Waals surface area (Å²) >= 11 is 0. The number of anilines is 1. The Labute approximate surface area is 95.1 Å². The second-order valence-electron chi connectivity index (χ2n) is 3.89. The molecule has 5 heteroatoms. The van der Waals surface area contributed by atoms with Crippen molar-refractivity contribution >= 4 is 5.82 Å². The highest BCUT2D eigenvalue weighted by molar-refractivity contribution is 5.47. The number of aryl methyl sites for hydroxylation is 3. The number of imidazole rings is 1. The van der Waals surface area contributed by atoms with Gasteiger partial charge in [0.15, 0.2) is 0 Å². The molecule has 2 aromatic rings. The van der Waals surface area contributed by atoms with Crippen LogP contribution in [0.5, 0.6) is 0 Å². The largest absolute Gasteiger partial charge is 0.373 e. The first-order valence-electron chi connectivity index (χ1n) is 5.31. The molecular weight excluding hydrogens is 202 g/mol. The fourth-order valence-corrected chi connectivity index (χ4v) is 1.95. The molecule has 2 heterocycles. The van der Waals surface area contributed by atoms with Crippen LogP contribution >= 0.6 is 0 Å². The summed E-state index contributed by atoms with van der Waals surface area (Å²) in [4.78, 5) is 4.22. The van der Waals surface area contributed by atoms with Gasteiger partial charge in [0.05, 0.1) is 12.2 Å². The maximum atomic E-state index is 4.41. The molecule has 5 nitrogen and oxygen atoms in total. The van der Waals surface area contributed by atoms with E-state index in [0.717, 1.165) is 23.9 Å². The monoisotopic (exact) mass is 219 g/mol. The van der Waals surface area contributed by atoms with Crippen molar-refractivity contribution in [3.05, 3.63) is 29.5 Å². The summed E-state index contributed by atoms with van der Waals surface area (Å²) in [6.07, 6.45) is 3.81. The van der Waals surface area contributed by atoms with Gasteiger partial charge in [0.1, 0.15) is 11.6 Å². The van der Waals surface area contributed by atoms with Crippen LogP contribution in [0.1, 0.15) is 17.1 Å². The van der Waals surface area contributed by atoms with Crippen molar-refractivity contribution < 1.29 is 0 Å². The van der Waals surface area contributed by atoms with Gasteiger partial charge >= 0.3 is 0 Å². The van der Waals surface area contributed by atoms with E-state index in [-0.39, 0.29) is 0 Å². The Morgan fingerprint density at radius 1 is 1.38 bits per heavy atom. The van der Waals surface area contributed by atoms with Crippen molar-refractivity contribution in [3.8, 4) is 0 Å². The van der Waals surface area contributed by atoms with Crippen LogP contribution < -0.4 is 5.32 Å². The van der Waals surface area contributed by atoms with E-state index in [1.807, 2.05) is 45.0 Å². The van der Waals surface area contributed by atoms with Gasteiger partial charge in [-0.1, -0.05) is 0 Å². The Hall–Kier alpha value is -1.78. The maximum Gasteiger partial charge on any atom is 0.128 e. The molecule has 0 aliphatic carbocycles. The first-order chi connectivity index (χ1) is 7.63. The van der Waals surface area contributed by atoms with Crippen LogP contribution in [0.3, 0.4) is 0 Å². The van der Waals surface area contributed by atoms with Crippen molar-refractivity contribution in [1.29, 1.82) is 0 Å². The van der Waals surface area contributed by atoms with Gasteiger partial charge in [0, 0.05) is 32.1 Å². The fraction of sp³-hybridized carbons (Fsp3) is 0.455. The third kappa shape index (κ3) is 1.68. The highest BCUT2D eigenvalue weighted by atomic mass is 15.3. The second-order valence-corrected chi connectivity index (χ2v) is 3.89. The Bertz CT molecular complexity index is 494. The standard InChI is InChI=1S/C11H17N5/c1-8-10(11(12-3)15(4)14-8)7-16-6-5-13-9(16)2/h5-6,12H,7H2,1-4H3. The Balaban J connectivity index is 2.38. The highest BCUT2D eigenvalue weighted by Crippen LogP contribution is 2.19. The van der Waals surface area contributed by atoms with Gasteiger partial charge in [-0.25, -0.2) is 4.98 Å². The molecule has 0 radical (unpaired) electrons. The molecule has 2 aromatic heterocycles. The summed E-state index contributed by atoms with van der Waals surface area (Å²) < 4.78 is 3.99. The molecule has 0 aromatic carbocycles. The van der Waals surface area contributed by atoms with Crippen LogP contribution in [-0.4, -0.2) is 26.4 Å². The molecular formula is C11H17N5. The van der Waals surface area contributed by atoms with Gasteiger partial charge in [0.25, 0.3) is 0 Å². The van der Waals surface area contributed by atoms with Gasteiger partial charge < -0.3 is 9.88 Å². The molecule has 2 rings (SSSR count). The van der Waals surface area contributed by atoms with E-state index in [0.29, 0.717) is 0 Å². The summed E-state index contributed by atoms with van der Waals surface area (Å²) in [5.74, 6) is 2.08. The Morgan fingerprint density at radius 2 is 2.12 bits per heavy atom. The SMILES string of the molecule is CNc1c(Cn2ccnc2C)c(C)nn1C. The van der Waals surface area contributed by atoms with Gasteiger partial charge in [-0.3, -0.25) is 4.68 Å². The van der Waals surface area contributed by atoms with Crippen molar-refractivity contribution in [1.82, 2.24) is 19.3 Å². The molecule has 0 spiro atoms. The van der Waals surface area contributed by atoms with Gasteiger partial charge in [-0.05, 0) is 13.8 Å². The van der Waals surface area contributed by atoms with Gasteiger partial charge in [-0.15, -0.1) is 0 Å². The normalized spacial score (nSPS) is 10.8. The molecule has 0 atom stereocenters. The molecule has 0 aliphatic rings. The molecule has 0 bridgehead atoms. The summed E-state index contributed by atoms with van der Waals surface area (Å²) in [6.45, 7) is 4.84. The lowest BCUT2D eigenvalue weighted by molar-refractivity contribution is 0.756. The van der Waals surface area contributed by atoms with Crippen molar-refractivity contribution in [3.63, 3.8) is 0 Å². The predicted molar refractivity (Wildman–Crippen MR) is 63.6 cm³/mol. The lowest BCUT2D eigenvalue weighted by Crippen LogP contribution is -2.05. The number of aromatic nitrogens is 4. The molecule has 0 saturated carbocycles. The Kier molecular flexibility index (Phi) is 2.68. The van der Waals surface area contributed by atoms with Crippen LogP contribution in [0.2, 0.25) is 0 Å². The van der Waals surface area contributed by atoms with E-state index in [2.05, 4.69) is 20.0 Å². The molecule has 86 valence electrons. The zero-order valence-electron chi connectivity index (χ0n) is 10.2. The van der Waals surface area contributed by atoms with Crippen LogP contribution in [0.25, 0.3) is 0 Å². The van der Waals surface area contributed by atoms with E-state index in [9.17, 15) is 0 Å². The first kappa shape index (κ1) is 10.7. The number of nitrogens with one attached hydrogen (secondary N) is 1. The lowest BCUT2D eigenvalue weighted by atomic mass is 10.2. The minimum Gasteiger partial charge on any atom is -0.373 e. The molecule has 0 aliphatic heterocycles. The number of nitrogens with zero attached hydrogens (tertiary/aromatic N) is 4. The molecule has 0 fully saturated rings. The minimum atomic E-state index is 0.807. The van der Waals surface area contributed by atoms with Crippen LogP contribution in [0.4, 0.5) is 5.82 Å². The molecule has 16 heavy (non-hydrogen) atoms. The summed E-state index contributed by atoms with van der Waals surface area (Å²) in [5.41, 5.74) is 2.27. The predicted octanol–water partition coefficient (Wildman–Crippen LogP) is 1.32. The molecule has 0 saturated heterocycles. The smallest absolute Gasteiger partial charge is 0.128 e. The van der Waals surface area contributed by atoms with Crippen molar-refractivity contribution in [2.24, 2.45) is 7.05 Å². The zero-order valence-corrected chi connectivity index (χ0v) is 10.2. The van der Waals surface area contributed by atoms with Crippen molar-refractivity contribution in [2.45, 2.75) is 20.4 Å². The quantitative estimate of drug-likeness (QED) is 0.847. The van der Waals surface area contributed by atoms with Gasteiger partial charge in [0.2, 0.25) is 0 Å². The van der Waals surface area contributed by atoms with Gasteiger partial charge in [-0.2, -0.15) is 5.10 Å². The first-order valence-corrected chi connectivity index (χ1v) is 5.31. The van der Waals surface area contributed by atoms with E-state index in [1.54, 1.807) is 0 Å². The third-order valence-electron chi connectivity index (χ3n) is 2.84. The van der Waals surface area contributed by atoms with Crippen LogP contribution in [-0.2, 0) is 13.6 Å². The number of rotatable bonds is 3. The zero-order chi connectivity index (χ0) is 11.7. The fourth-order valence-electron chi connectivity index (χ4n) is 1.95. The summed E-state index contributed by atoms with van der Waals surface area (Å²) in [5, 5.41) is 7.60. The van der Waals surface area contributed by atoms with E-state index in [4.69, 9.17) is 0 Å². The molecule has 0 unspecified atom stereocenters. The average molecular weight is 219 g/mol. The highest BCUT2D eigenvalue weighted by Gasteiger charge is 2.12.